The molecule has 0 fully saturated rings. The van der Waals surface area contributed by atoms with E-state index in [9.17, 15) is 4.79 Å². The highest BCUT2D eigenvalue weighted by molar-refractivity contribution is 5.65. The fourth-order valence-electron chi connectivity index (χ4n) is 0.407. The number of ether oxygens (including phenoxy) is 2. The number of esters is 1. The summed E-state index contributed by atoms with van der Waals surface area (Å²) in [4.78, 5) is 9.82. The second-order valence-electron chi connectivity index (χ2n) is 1.71. The van der Waals surface area contributed by atoms with E-state index < -0.39 is 0 Å². The quantitative estimate of drug-likeness (QED) is 0.591. The van der Waals surface area contributed by atoms with Crippen molar-refractivity contribution in [2.75, 3.05) is 19.8 Å². The van der Waals surface area contributed by atoms with E-state index in [1.54, 1.807) is 6.92 Å². The first kappa shape index (κ1) is 13.1. The highest BCUT2D eigenvalue weighted by atomic mass is 16.5. The van der Waals surface area contributed by atoms with Crippen molar-refractivity contribution < 1.29 is 14.3 Å². The second-order valence-corrected chi connectivity index (χ2v) is 1.71. The Morgan fingerprint density at radius 1 is 1.09 bits per heavy atom. The van der Waals surface area contributed by atoms with Crippen molar-refractivity contribution in [2.24, 2.45) is 0 Å². The van der Waals surface area contributed by atoms with Crippen LogP contribution in [0, 0.1) is 0 Å². The van der Waals surface area contributed by atoms with Gasteiger partial charge in [0.2, 0.25) is 0 Å². The fourth-order valence-corrected chi connectivity index (χ4v) is 0.407. The molecule has 0 aromatic heterocycles. The minimum absolute atomic E-state index is 0.211. The highest BCUT2D eigenvalue weighted by Gasteiger charge is 1.81. The van der Waals surface area contributed by atoms with Crippen molar-refractivity contribution in [3.05, 3.63) is 0 Å². The predicted octanol–water partition coefficient (Wildman–Crippen LogP) is 1.61. The molecule has 0 N–H and O–H groups in total. The van der Waals surface area contributed by atoms with Crippen LogP contribution in [0.25, 0.3) is 0 Å². The average Bonchev–Trinajstić information content (AvgIpc) is 1.90. The van der Waals surface area contributed by atoms with Gasteiger partial charge in [-0.3, -0.25) is 4.79 Å². The van der Waals surface area contributed by atoms with E-state index in [1.165, 1.54) is 6.92 Å². The molecule has 0 saturated heterocycles. The van der Waals surface area contributed by atoms with Gasteiger partial charge in [-0.25, -0.2) is 0 Å². The van der Waals surface area contributed by atoms with Crippen LogP contribution in [-0.4, -0.2) is 25.8 Å². The molecule has 0 aromatic carbocycles. The molecule has 0 aromatic rings. The molecular formula is C8H18O3. The van der Waals surface area contributed by atoms with Gasteiger partial charge < -0.3 is 9.47 Å². The van der Waals surface area contributed by atoms with E-state index in [4.69, 9.17) is 4.74 Å². The first-order valence-corrected chi connectivity index (χ1v) is 3.90. The molecule has 0 atom stereocenters. The van der Waals surface area contributed by atoms with Crippen LogP contribution in [0.1, 0.15) is 27.7 Å². The molecule has 0 rings (SSSR count). The van der Waals surface area contributed by atoms with E-state index in [-0.39, 0.29) is 5.97 Å². The summed E-state index contributed by atoms with van der Waals surface area (Å²) in [5.74, 6) is -0.211. The number of hydrogen-bond acceptors (Lipinski definition) is 3. The van der Waals surface area contributed by atoms with Gasteiger partial charge in [-0.15, -0.1) is 0 Å². The van der Waals surface area contributed by atoms with E-state index in [0.29, 0.717) is 6.61 Å². The molecule has 0 saturated carbocycles. The number of rotatable bonds is 3. The lowest BCUT2D eigenvalue weighted by atomic mass is 10.8. The van der Waals surface area contributed by atoms with Crippen LogP contribution in [0.4, 0.5) is 0 Å². The topological polar surface area (TPSA) is 35.5 Å². The van der Waals surface area contributed by atoms with Crippen LogP contribution in [0.5, 0.6) is 0 Å². The average molecular weight is 162 g/mol. The second kappa shape index (κ2) is 12.1. The first-order valence-electron chi connectivity index (χ1n) is 3.90. The third-order valence-electron chi connectivity index (χ3n) is 0.756. The van der Waals surface area contributed by atoms with Crippen LogP contribution in [0.3, 0.4) is 0 Å². The summed E-state index contributed by atoms with van der Waals surface area (Å²) < 4.78 is 9.24. The largest absolute Gasteiger partial charge is 0.466 e. The number of carbonyl (C=O) groups is 1. The van der Waals surface area contributed by atoms with Crippen LogP contribution < -0.4 is 0 Å². The van der Waals surface area contributed by atoms with E-state index in [2.05, 4.69) is 4.74 Å². The molecular weight excluding hydrogens is 144 g/mol. The zero-order chi connectivity index (χ0) is 9.11. The maximum absolute atomic E-state index is 9.82. The zero-order valence-corrected chi connectivity index (χ0v) is 7.85. The molecule has 3 heteroatoms. The van der Waals surface area contributed by atoms with Crippen molar-refractivity contribution in [3.8, 4) is 0 Å². The van der Waals surface area contributed by atoms with Crippen LogP contribution in [-0.2, 0) is 14.3 Å². The van der Waals surface area contributed by atoms with Gasteiger partial charge in [0.15, 0.2) is 0 Å². The van der Waals surface area contributed by atoms with E-state index in [0.717, 1.165) is 13.2 Å². The summed E-state index contributed by atoms with van der Waals surface area (Å²) in [6.45, 7) is 9.32. The van der Waals surface area contributed by atoms with Crippen molar-refractivity contribution in [1.29, 1.82) is 0 Å². The van der Waals surface area contributed by atoms with Gasteiger partial charge in [-0.2, -0.15) is 0 Å². The predicted molar refractivity (Wildman–Crippen MR) is 44.5 cm³/mol. The lowest BCUT2D eigenvalue weighted by Gasteiger charge is -1.89. The van der Waals surface area contributed by atoms with Crippen LogP contribution >= 0.6 is 0 Å². The Balaban J connectivity index is 0. The maximum Gasteiger partial charge on any atom is 0.302 e. The first-order chi connectivity index (χ1) is 5.18. The SMILES string of the molecule is CCOC(C)=O.CCOCC. The van der Waals surface area contributed by atoms with Gasteiger partial charge in [0, 0.05) is 20.1 Å². The standard InChI is InChI=1S/C4H8O2.C4H10O/c1-3-6-4(2)5;1-3-5-4-2/h3H2,1-2H3;3-4H2,1-2H3. The Bertz CT molecular complexity index is 79.4. The van der Waals surface area contributed by atoms with Gasteiger partial charge in [-0.05, 0) is 20.8 Å². The third kappa shape index (κ3) is 26.5. The minimum Gasteiger partial charge on any atom is -0.466 e. The van der Waals surface area contributed by atoms with E-state index in [1.807, 2.05) is 13.8 Å². The molecule has 0 spiro atoms. The Morgan fingerprint density at radius 2 is 1.55 bits per heavy atom. The molecule has 0 unspecified atom stereocenters. The maximum atomic E-state index is 9.82. The van der Waals surface area contributed by atoms with Gasteiger partial charge in [0.25, 0.3) is 0 Å². The normalized spacial score (nSPS) is 8.00. The van der Waals surface area contributed by atoms with Crippen LogP contribution in [0.2, 0.25) is 0 Å². The zero-order valence-electron chi connectivity index (χ0n) is 7.85. The van der Waals surface area contributed by atoms with Crippen molar-refractivity contribution >= 4 is 5.97 Å². The minimum atomic E-state index is -0.211. The summed E-state index contributed by atoms with van der Waals surface area (Å²) in [7, 11) is 0. The Morgan fingerprint density at radius 3 is 1.55 bits per heavy atom. The molecule has 0 aliphatic rings. The van der Waals surface area contributed by atoms with Gasteiger partial charge in [0.1, 0.15) is 0 Å². The lowest BCUT2D eigenvalue weighted by Crippen LogP contribution is -1.95. The molecule has 0 bridgehead atoms. The monoisotopic (exact) mass is 162 g/mol. The summed E-state index contributed by atoms with van der Waals surface area (Å²) in [5, 5.41) is 0. The van der Waals surface area contributed by atoms with Gasteiger partial charge in [0.05, 0.1) is 6.61 Å². The summed E-state index contributed by atoms with van der Waals surface area (Å²) in [6, 6.07) is 0. The molecule has 0 heterocycles. The van der Waals surface area contributed by atoms with E-state index >= 15 is 0 Å². The molecule has 68 valence electrons. The molecule has 11 heavy (non-hydrogen) atoms. The Hall–Kier alpha value is -0.570. The Kier molecular flexibility index (Phi) is 14.4. The summed E-state index contributed by atoms with van der Waals surface area (Å²) in [5.41, 5.74) is 0. The van der Waals surface area contributed by atoms with Crippen molar-refractivity contribution in [1.82, 2.24) is 0 Å². The fraction of sp³-hybridized carbons (Fsp3) is 0.875. The highest BCUT2D eigenvalue weighted by Crippen LogP contribution is 1.69. The van der Waals surface area contributed by atoms with Crippen molar-refractivity contribution in [2.45, 2.75) is 27.7 Å². The van der Waals surface area contributed by atoms with Crippen LogP contribution in [0.15, 0.2) is 0 Å². The number of carbonyl (C=O) groups excluding carboxylic acids is 1. The summed E-state index contributed by atoms with van der Waals surface area (Å²) >= 11 is 0. The van der Waals surface area contributed by atoms with Gasteiger partial charge >= 0.3 is 5.97 Å². The molecule has 0 radical (unpaired) electrons. The number of hydrogen-bond donors (Lipinski definition) is 0. The molecule has 0 aliphatic heterocycles. The smallest absolute Gasteiger partial charge is 0.302 e. The third-order valence-corrected chi connectivity index (χ3v) is 0.756. The van der Waals surface area contributed by atoms with Crippen molar-refractivity contribution in [3.63, 3.8) is 0 Å². The summed E-state index contributed by atoms with van der Waals surface area (Å²) in [6.07, 6.45) is 0. The Labute approximate surface area is 68.7 Å². The molecule has 0 aliphatic carbocycles. The lowest BCUT2D eigenvalue weighted by molar-refractivity contribution is -0.140. The molecule has 0 amide bonds. The van der Waals surface area contributed by atoms with Gasteiger partial charge in [-0.1, -0.05) is 0 Å². The molecule has 3 nitrogen and oxygen atoms in total.